The number of nitrogens with one attached hydrogen (secondary N) is 2. The average Bonchev–Trinajstić information content (AvgIpc) is 2.95. The normalized spacial score (nSPS) is 24.7. The van der Waals surface area contributed by atoms with Gasteiger partial charge in [-0.25, -0.2) is 25.1 Å². The van der Waals surface area contributed by atoms with Crippen LogP contribution in [0.2, 0.25) is 0 Å². The third-order valence-electron chi connectivity index (χ3n) is 8.22. The lowest BCUT2D eigenvalue weighted by molar-refractivity contribution is -0.131. The Kier molecular flexibility index (Phi) is 8.49. The minimum absolute atomic E-state index is 0.0836. The number of carbonyl (C=O) groups is 2. The van der Waals surface area contributed by atoms with Crippen molar-refractivity contribution in [2.24, 2.45) is 5.92 Å². The van der Waals surface area contributed by atoms with Gasteiger partial charge in [0.15, 0.2) is 0 Å². The highest BCUT2D eigenvalue weighted by molar-refractivity contribution is 8.45. The van der Waals surface area contributed by atoms with Gasteiger partial charge in [0.05, 0.1) is 6.20 Å². The van der Waals surface area contributed by atoms with Gasteiger partial charge < -0.3 is 5.32 Å². The summed E-state index contributed by atoms with van der Waals surface area (Å²) in [5.74, 6) is -6.90. The summed E-state index contributed by atoms with van der Waals surface area (Å²) in [7, 11) is -8.67. The van der Waals surface area contributed by atoms with Crippen LogP contribution in [0.3, 0.4) is 0 Å². The number of hydrogen-bond donors (Lipinski definition) is 2. The number of anilines is 1. The molecule has 2 aromatic rings. The highest BCUT2D eigenvalue weighted by atomic mass is 32.5. The van der Waals surface area contributed by atoms with Crippen molar-refractivity contribution in [2.75, 3.05) is 11.9 Å². The van der Waals surface area contributed by atoms with E-state index < -0.39 is 80.9 Å². The summed E-state index contributed by atoms with van der Waals surface area (Å²) in [6, 6.07) is -0.354. The molecular formula is C28H31F8N5O2S. The number of halogens is 8. The second-order valence-corrected chi connectivity index (χ2v) is 13.6. The van der Waals surface area contributed by atoms with Crippen LogP contribution in [0.25, 0.3) is 4.85 Å². The molecule has 2 N–H and O–H groups in total. The molecule has 3 unspecified atom stereocenters. The number of alkyl halides is 2. The number of rotatable bonds is 8. The first kappa shape index (κ1) is 33.4. The van der Waals surface area contributed by atoms with E-state index in [0.717, 1.165) is 23.4 Å². The van der Waals surface area contributed by atoms with Crippen molar-refractivity contribution < 1.29 is 42.2 Å². The lowest BCUT2D eigenvalue weighted by atomic mass is 9.78. The minimum Gasteiger partial charge on any atom is -0.351 e. The van der Waals surface area contributed by atoms with Gasteiger partial charge in [0.2, 0.25) is 17.7 Å². The molecule has 2 amide bonds. The Morgan fingerprint density at radius 3 is 2.20 bits per heavy atom. The number of benzene rings is 1. The fraction of sp³-hybridized carbons (Fsp3) is 0.500. The van der Waals surface area contributed by atoms with E-state index >= 15 is 0 Å². The van der Waals surface area contributed by atoms with Gasteiger partial charge in [-0.2, -0.15) is 0 Å². The molecule has 1 heterocycles. The Hall–Kier alpha value is -3.45. The van der Waals surface area contributed by atoms with Crippen LogP contribution in [-0.4, -0.2) is 41.5 Å². The summed E-state index contributed by atoms with van der Waals surface area (Å²) in [4.78, 5) is 34.2. The molecule has 2 fully saturated rings. The first-order chi connectivity index (χ1) is 20.3. The molecule has 0 radical (unpaired) electrons. The lowest BCUT2D eigenvalue weighted by Gasteiger charge is -2.41. The summed E-state index contributed by atoms with van der Waals surface area (Å²) in [5.41, 5.74) is -2.10. The molecule has 3 atom stereocenters. The van der Waals surface area contributed by atoms with Crippen molar-refractivity contribution in [1.29, 1.82) is 0 Å². The molecule has 1 aromatic carbocycles. The van der Waals surface area contributed by atoms with Crippen LogP contribution in [0.5, 0.6) is 0 Å². The van der Waals surface area contributed by atoms with Crippen LogP contribution in [0.1, 0.15) is 63.0 Å². The Balaban J connectivity index is 1.86. The SMILES string of the molecule is [C-]#[N+]C1(NC)CCCCC1C(=O)N(c1ccc(S(F)(F)(F)(F)F)cc1)C(C(=O)NC1CCC(F)(F)CC1)c1cncc(F)c1. The monoisotopic (exact) mass is 653 g/mol. The molecule has 1 aromatic heterocycles. The van der Waals surface area contributed by atoms with Crippen LogP contribution in [-0.2, 0) is 9.59 Å². The largest absolute Gasteiger partial charge is 0.351 e. The first-order valence-electron chi connectivity index (χ1n) is 13.8. The van der Waals surface area contributed by atoms with Crippen molar-refractivity contribution in [3.8, 4) is 0 Å². The van der Waals surface area contributed by atoms with Gasteiger partial charge >= 0.3 is 10.2 Å². The fourth-order valence-electron chi connectivity index (χ4n) is 5.87. The lowest BCUT2D eigenvalue weighted by Crippen LogP contribution is -2.57. The average molecular weight is 654 g/mol. The van der Waals surface area contributed by atoms with Gasteiger partial charge in [0.1, 0.15) is 22.7 Å². The molecule has 2 aliphatic rings. The van der Waals surface area contributed by atoms with Gasteiger partial charge in [-0.3, -0.25) is 24.3 Å². The van der Waals surface area contributed by atoms with E-state index in [-0.39, 0.29) is 43.4 Å². The maximum Gasteiger partial charge on any atom is 0.310 e. The van der Waals surface area contributed by atoms with Crippen LogP contribution < -0.4 is 15.5 Å². The number of amides is 2. The number of carbonyl (C=O) groups excluding carboxylic acids is 2. The zero-order valence-electron chi connectivity index (χ0n) is 23.5. The van der Waals surface area contributed by atoms with Crippen molar-refractivity contribution in [3.05, 3.63) is 65.5 Å². The third-order valence-corrected chi connectivity index (χ3v) is 9.38. The van der Waals surface area contributed by atoms with Crippen molar-refractivity contribution >= 4 is 27.7 Å². The summed E-state index contributed by atoms with van der Waals surface area (Å²) in [6.07, 6.45) is 1.96. The third kappa shape index (κ3) is 7.26. The number of hydrogen-bond acceptors (Lipinski definition) is 4. The van der Waals surface area contributed by atoms with Gasteiger partial charge in [0.25, 0.3) is 5.66 Å². The fourth-order valence-corrected chi connectivity index (χ4v) is 6.52. The van der Waals surface area contributed by atoms with Crippen molar-refractivity contribution in [2.45, 2.75) is 79.9 Å². The van der Waals surface area contributed by atoms with E-state index in [1.807, 2.05) is 0 Å². The predicted octanol–water partition coefficient (Wildman–Crippen LogP) is 7.67. The maximum absolute atomic E-state index is 14.4. The minimum atomic E-state index is -10.1. The van der Waals surface area contributed by atoms with Gasteiger partial charge in [0, 0.05) is 42.8 Å². The Bertz CT molecular complexity index is 1440. The van der Waals surface area contributed by atoms with Crippen LogP contribution in [0, 0.1) is 18.3 Å². The molecule has 44 heavy (non-hydrogen) atoms. The smallest absolute Gasteiger partial charge is 0.310 e. The number of aromatic nitrogens is 1. The number of nitrogens with zero attached hydrogens (tertiary/aromatic N) is 3. The molecular weight excluding hydrogens is 622 g/mol. The van der Waals surface area contributed by atoms with Crippen LogP contribution >= 0.6 is 10.2 Å². The summed E-state index contributed by atoms with van der Waals surface area (Å²) < 4.78 is 110. The topological polar surface area (TPSA) is 78.7 Å². The number of pyridine rings is 1. The van der Waals surface area contributed by atoms with E-state index in [1.54, 1.807) is 0 Å². The zero-order valence-corrected chi connectivity index (χ0v) is 24.3. The van der Waals surface area contributed by atoms with Gasteiger partial charge in [-0.15, -0.1) is 0 Å². The Labute approximate surface area is 248 Å². The molecule has 0 bridgehead atoms. The predicted molar refractivity (Wildman–Crippen MR) is 148 cm³/mol. The molecule has 2 saturated carbocycles. The molecule has 0 spiro atoms. The van der Waals surface area contributed by atoms with Gasteiger partial charge in [-0.1, -0.05) is 25.8 Å². The Morgan fingerprint density at radius 2 is 1.66 bits per heavy atom. The van der Waals surface area contributed by atoms with Crippen LogP contribution in [0.15, 0.2) is 47.6 Å². The quantitative estimate of drug-likeness (QED) is 0.227. The standard InChI is InChI=1S/C28H31F8N5O2S/c1-37-28(38-2)12-4-3-5-23(28)26(43)41(21-6-8-22(9-7-21)44(32,33,34,35)36)24(18-15-19(29)17-39-16-18)25(42)40-20-10-13-27(30,31)14-11-20/h6-9,15-17,20,23-24,37H,3-5,10-14H2,1H3,(H,40,42). The molecule has 0 saturated heterocycles. The second kappa shape index (κ2) is 11.2. The summed E-state index contributed by atoms with van der Waals surface area (Å²) in [6.45, 7) is 7.83. The zero-order chi connectivity index (χ0) is 32.6. The first-order valence-corrected chi connectivity index (χ1v) is 15.8. The van der Waals surface area contributed by atoms with Crippen molar-refractivity contribution in [3.63, 3.8) is 0 Å². The maximum atomic E-state index is 14.4. The molecule has 7 nitrogen and oxygen atoms in total. The highest BCUT2D eigenvalue weighted by Crippen LogP contribution is 3.02. The highest BCUT2D eigenvalue weighted by Gasteiger charge is 2.65. The van der Waals surface area contributed by atoms with E-state index in [1.165, 1.54) is 7.05 Å². The molecule has 4 rings (SSSR count). The second-order valence-electron chi connectivity index (χ2n) is 11.2. The van der Waals surface area contributed by atoms with Crippen LogP contribution in [0.4, 0.5) is 38.3 Å². The molecule has 2 aliphatic carbocycles. The van der Waals surface area contributed by atoms with E-state index in [9.17, 15) is 42.2 Å². The van der Waals surface area contributed by atoms with E-state index in [0.29, 0.717) is 25.0 Å². The molecule has 16 heteroatoms. The van der Waals surface area contributed by atoms with Crippen molar-refractivity contribution in [1.82, 2.24) is 15.6 Å². The Morgan fingerprint density at radius 1 is 1.02 bits per heavy atom. The van der Waals surface area contributed by atoms with Gasteiger partial charge in [-0.05, 0) is 63.1 Å². The summed E-state index contributed by atoms with van der Waals surface area (Å²) >= 11 is 0. The summed E-state index contributed by atoms with van der Waals surface area (Å²) in [5, 5.41) is 5.44. The molecule has 0 aliphatic heterocycles. The molecule has 242 valence electrons. The van der Waals surface area contributed by atoms with E-state index in [2.05, 4.69) is 20.5 Å². The van der Waals surface area contributed by atoms with E-state index in [4.69, 9.17) is 6.57 Å².